The molecule has 0 spiro atoms. The second kappa shape index (κ2) is 9.59. The molecule has 142 valence electrons. The summed E-state index contributed by atoms with van der Waals surface area (Å²) >= 11 is 11.7. The van der Waals surface area contributed by atoms with E-state index in [1.165, 1.54) is 24.1 Å². The van der Waals surface area contributed by atoms with E-state index in [0.29, 0.717) is 15.6 Å². The second-order valence-corrected chi connectivity index (χ2v) is 7.48. The van der Waals surface area contributed by atoms with Crippen LogP contribution in [0.3, 0.4) is 0 Å². The molecule has 26 heavy (non-hydrogen) atoms. The summed E-state index contributed by atoms with van der Waals surface area (Å²) in [6, 6.07) is 4.89. The van der Waals surface area contributed by atoms with Crippen LogP contribution in [0, 0.1) is 0 Å². The lowest BCUT2D eigenvalue weighted by Gasteiger charge is -2.23. The summed E-state index contributed by atoms with van der Waals surface area (Å²) in [5.74, 6) is -1.46. The fraction of sp³-hybridized carbons (Fsp3) is 0.389. The standard InChI is InChI=1S/C18H22Cl2N2O4/c1-18(2,3)21-15(23)10-22(4)16(24)11-26-17(25)8-6-12-5-7-13(19)14(20)9-12/h5-9H,10-11H2,1-4H3,(H,21,23)/b8-6+. The first-order chi connectivity index (χ1) is 12.0. The van der Waals surface area contributed by atoms with E-state index in [2.05, 4.69) is 5.32 Å². The Labute approximate surface area is 163 Å². The van der Waals surface area contributed by atoms with Crippen LogP contribution in [0.15, 0.2) is 24.3 Å². The van der Waals surface area contributed by atoms with Crippen molar-refractivity contribution >= 4 is 47.1 Å². The molecule has 0 aliphatic carbocycles. The maximum atomic E-state index is 11.9. The zero-order valence-electron chi connectivity index (χ0n) is 15.1. The van der Waals surface area contributed by atoms with Crippen LogP contribution in [-0.4, -0.2) is 48.4 Å². The lowest BCUT2D eigenvalue weighted by molar-refractivity contribution is -0.148. The smallest absolute Gasteiger partial charge is 0.331 e. The molecule has 6 nitrogen and oxygen atoms in total. The van der Waals surface area contributed by atoms with Crippen molar-refractivity contribution in [3.05, 3.63) is 39.9 Å². The summed E-state index contributed by atoms with van der Waals surface area (Å²) in [4.78, 5) is 36.6. The fourth-order valence-corrected chi connectivity index (χ4v) is 2.14. The van der Waals surface area contributed by atoms with Gasteiger partial charge in [0, 0.05) is 18.7 Å². The average Bonchev–Trinajstić information content (AvgIpc) is 2.51. The van der Waals surface area contributed by atoms with Crippen LogP contribution < -0.4 is 5.32 Å². The maximum absolute atomic E-state index is 11.9. The number of likely N-dealkylation sites (N-methyl/N-ethyl adjacent to an activating group) is 1. The topological polar surface area (TPSA) is 75.7 Å². The monoisotopic (exact) mass is 400 g/mol. The molecule has 0 bridgehead atoms. The summed E-state index contributed by atoms with van der Waals surface area (Å²) in [5, 5.41) is 3.53. The number of rotatable bonds is 6. The number of hydrogen-bond donors (Lipinski definition) is 1. The highest BCUT2D eigenvalue weighted by atomic mass is 35.5. The summed E-state index contributed by atoms with van der Waals surface area (Å²) < 4.78 is 4.88. The highest BCUT2D eigenvalue weighted by Crippen LogP contribution is 2.23. The van der Waals surface area contributed by atoms with Crippen LogP contribution in [0.5, 0.6) is 0 Å². The van der Waals surface area contributed by atoms with E-state index >= 15 is 0 Å². The third-order valence-electron chi connectivity index (χ3n) is 3.01. The normalized spacial score (nSPS) is 11.3. The van der Waals surface area contributed by atoms with E-state index in [1.54, 1.807) is 18.2 Å². The van der Waals surface area contributed by atoms with Gasteiger partial charge in [-0.15, -0.1) is 0 Å². The summed E-state index contributed by atoms with van der Waals surface area (Å²) in [5.41, 5.74) is 0.279. The van der Waals surface area contributed by atoms with Gasteiger partial charge in [-0.2, -0.15) is 0 Å². The summed E-state index contributed by atoms with van der Waals surface area (Å²) in [6.45, 7) is 4.95. The number of carbonyl (C=O) groups excluding carboxylic acids is 3. The molecular formula is C18H22Cl2N2O4. The third kappa shape index (κ3) is 8.36. The molecule has 1 aromatic carbocycles. The molecule has 1 rings (SSSR count). The summed E-state index contributed by atoms with van der Waals surface area (Å²) in [7, 11) is 1.46. The highest BCUT2D eigenvalue weighted by Gasteiger charge is 2.18. The van der Waals surface area contributed by atoms with Gasteiger partial charge in [0.1, 0.15) is 0 Å². The number of benzene rings is 1. The predicted molar refractivity (Wildman–Crippen MR) is 102 cm³/mol. The summed E-state index contributed by atoms with van der Waals surface area (Å²) in [6.07, 6.45) is 2.68. The molecule has 0 atom stereocenters. The molecule has 0 aromatic heterocycles. The maximum Gasteiger partial charge on any atom is 0.331 e. The van der Waals surface area contributed by atoms with Crippen LogP contribution >= 0.6 is 23.2 Å². The minimum absolute atomic E-state index is 0.118. The number of esters is 1. The number of amides is 2. The predicted octanol–water partition coefficient (Wildman–Crippen LogP) is 2.92. The molecule has 1 aromatic rings. The molecule has 0 unspecified atom stereocenters. The molecule has 8 heteroatoms. The molecule has 2 amide bonds. The minimum atomic E-state index is -0.683. The van der Waals surface area contributed by atoms with Crippen molar-refractivity contribution in [1.82, 2.24) is 10.2 Å². The average molecular weight is 401 g/mol. The molecule has 0 heterocycles. The molecule has 0 saturated carbocycles. The Morgan fingerprint density at radius 3 is 2.42 bits per heavy atom. The molecular weight excluding hydrogens is 379 g/mol. The Hall–Kier alpha value is -2.05. The quantitative estimate of drug-likeness (QED) is 0.588. The molecule has 0 fully saturated rings. The number of nitrogens with zero attached hydrogens (tertiary/aromatic N) is 1. The highest BCUT2D eigenvalue weighted by molar-refractivity contribution is 6.42. The van der Waals surface area contributed by atoms with Crippen molar-refractivity contribution in [3.8, 4) is 0 Å². The first-order valence-corrected chi connectivity index (χ1v) is 8.58. The zero-order chi connectivity index (χ0) is 19.9. The SMILES string of the molecule is CN(CC(=O)NC(C)(C)C)C(=O)COC(=O)/C=C/c1ccc(Cl)c(Cl)c1. The van der Waals surface area contributed by atoms with E-state index in [-0.39, 0.29) is 18.0 Å². The first-order valence-electron chi connectivity index (χ1n) is 7.83. The van der Waals surface area contributed by atoms with E-state index in [0.717, 1.165) is 0 Å². The van der Waals surface area contributed by atoms with Crippen molar-refractivity contribution in [2.75, 3.05) is 20.2 Å². The van der Waals surface area contributed by atoms with E-state index in [1.807, 2.05) is 20.8 Å². The molecule has 0 aliphatic rings. The van der Waals surface area contributed by atoms with Gasteiger partial charge in [0.15, 0.2) is 6.61 Å². The van der Waals surface area contributed by atoms with Crippen LogP contribution in [0.1, 0.15) is 26.3 Å². The van der Waals surface area contributed by atoms with E-state index < -0.39 is 18.5 Å². The Morgan fingerprint density at radius 2 is 1.85 bits per heavy atom. The van der Waals surface area contributed by atoms with Crippen molar-refractivity contribution in [1.29, 1.82) is 0 Å². The number of ether oxygens (including phenoxy) is 1. The Balaban J connectivity index is 2.45. The Kier molecular flexibility index (Phi) is 8.11. The van der Waals surface area contributed by atoms with Crippen molar-refractivity contribution < 1.29 is 19.1 Å². The fourth-order valence-electron chi connectivity index (χ4n) is 1.83. The lowest BCUT2D eigenvalue weighted by atomic mass is 10.1. The van der Waals surface area contributed by atoms with Gasteiger partial charge in [-0.1, -0.05) is 29.3 Å². The first kappa shape index (κ1) is 22.0. The largest absolute Gasteiger partial charge is 0.452 e. The van der Waals surface area contributed by atoms with Crippen LogP contribution in [0.2, 0.25) is 10.0 Å². The van der Waals surface area contributed by atoms with Crippen LogP contribution in [0.25, 0.3) is 6.08 Å². The Morgan fingerprint density at radius 1 is 1.19 bits per heavy atom. The molecule has 0 aliphatic heterocycles. The van der Waals surface area contributed by atoms with Gasteiger partial charge in [0.2, 0.25) is 5.91 Å². The van der Waals surface area contributed by atoms with E-state index in [9.17, 15) is 14.4 Å². The molecule has 0 radical (unpaired) electrons. The van der Waals surface area contributed by atoms with Gasteiger partial charge in [-0.3, -0.25) is 9.59 Å². The van der Waals surface area contributed by atoms with Crippen molar-refractivity contribution in [2.24, 2.45) is 0 Å². The van der Waals surface area contributed by atoms with E-state index in [4.69, 9.17) is 27.9 Å². The minimum Gasteiger partial charge on any atom is -0.452 e. The number of nitrogens with one attached hydrogen (secondary N) is 1. The van der Waals surface area contributed by atoms with Gasteiger partial charge >= 0.3 is 5.97 Å². The number of carbonyl (C=O) groups is 3. The van der Waals surface area contributed by atoms with Gasteiger partial charge in [-0.05, 0) is 44.5 Å². The number of hydrogen-bond acceptors (Lipinski definition) is 4. The van der Waals surface area contributed by atoms with Gasteiger partial charge in [0.25, 0.3) is 5.91 Å². The Bertz CT molecular complexity index is 712. The molecule has 1 N–H and O–H groups in total. The molecule has 0 saturated heterocycles. The van der Waals surface area contributed by atoms with Crippen LogP contribution in [-0.2, 0) is 19.1 Å². The van der Waals surface area contributed by atoms with Crippen molar-refractivity contribution in [3.63, 3.8) is 0 Å². The number of halogens is 2. The zero-order valence-corrected chi connectivity index (χ0v) is 16.6. The van der Waals surface area contributed by atoms with Crippen LogP contribution in [0.4, 0.5) is 0 Å². The van der Waals surface area contributed by atoms with Crippen molar-refractivity contribution in [2.45, 2.75) is 26.3 Å². The second-order valence-electron chi connectivity index (χ2n) is 6.66. The lowest BCUT2D eigenvalue weighted by Crippen LogP contribution is -2.46. The van der Waals surface area contributed by atoms with Gasteiger partial charge in [-0.25, -0.2) is 4.79 Å². The van der Waals surface area contributed by atoms with Gasteiger partial charge in [0.05, 0.1) is 16.6 Å². The third-order valence-corrected chi connectivity index (χ3v) is 3.75. The van der Waals surface area contributed by atoms with Gasteiger partial charge < -0.3 is 15.0 Å².